The van der Waals surface area contributed by atoms with Gasteiger partial charge in [-0.05, 0) is 43.8 Å². The van der Waals surface area contributed by atoms with E-state index in [2.05, 4.69) is 47.6 Å². The van der Waals surface area contributed by atoms with Crippen molar-refractivity contribution in [3.8, 4) is 6.07 Å². The molecule has 0 spiro atoms. The summed E-state index contributed by atoms with van der Waals surface area (Å²) in [6.07, 6.45) is 1.10. The number of hydrogen-bond donors (Lipinski definition) is 1. The highest BCUT2D eigenvalue weighted by Gasteiger charge is 2.01. The maximum atomic E-state index is 9.05. The largest absolute Gasteiger partial charge is 0.313 e. The third kappa shape index (κ3) is 5.33. The van der Waals surface area contributed by atoms with Gasteiger partial charge in [0.05, 0.1) is 11.6 Å². The van der Waals surface area contributed by atoms with E-state index in [-0.39, 0.29) is 0 Å². The molecular weight excluding hydrogens is 270 g/mol. The minimum atomic E-state index is 0.756. The zero-order valence-electron chi connectivity index (χ0n) is 13.1. The first kappa shape index (κ1) is 16.2. The normalized spacial score (nSPS) is 10.6. The van der Waals surface area contributed by atoms with Crippen molar-refractivity contribution >= 4 is 0 Å². The second-order valence-electron chi connectivity index (χ2n) is 5.52. The summed E-state index contributed by atoms with van der Waals surface area (Å²) in [7, 11) is 2.15. The standard InChI is InChI=1S/C19H23N3/c1-22(16-17-8-3-2-4-9-17)13-7-12-21-15-19-11-6-5-10-18(19)14-20/h2-6,8-11,21H,7,12-13,15-16H2,1H3. The molecule has 0 aliphatic heterocycles. The quantitative estimate of drug-likeness (QED) is 0.760. The summed E-state index contributed by atoms with van der Waals surface area (Å²) >= 11 is 0. The molecule has 0 radical (unpaired) electrons. The topological polar surface area (TPSA) is 39.1 Å². The van der Waals surface area contributed by atoms with Crippen LogP contribution in [0.15, 0.2) is 54.6 Å². The Kier molecular flexibility index (Phi) is 6.63. The van der Waals surface area contributed by atoms with Gasteiger partial charge in [-0.3, -0.25) is 0 Å². The lowest BCUT2D eigenvalue weighted by Crippen LogP contribution is -2.24. The Labute approximate surface area is 133 Å². The molecule has 2 aromatic rings. The van der Waals surface area contributed by atoms with Gasteiger partial charge in [-0.15, -0.1) is 0 Å². The molecule has 0 aliphatic rings. The van der Waals surface area contributed by atoms with Crippen molar-refractivity contribution in [3.05, 3.63) is 71.3 Å². The van der Waals surface area contributed by atoms with E-state index in [1.54, 1.807) is 0 Å². The molecule has 0 amide bonds. The highest BCUT2D eigenvalue weighted by atomic mass is 15.1. The maximum absolute atomic E-state index is 9.05. The predicted octanol–water partition coefficient (Wildman–Crippen LogP) is 3.17. The molecule has 3 nitrogen and oxygen atoms in total. The molecule has 0 bridgehead atoms. The fourth-order valence-electron chi connectivity index (χ4n) is 2.45. The fourth-order valence-corrected chi connectivity index (χ4v) is 2.45. The van der Waals surface area contributed by atoms with E-state index >= 15 is 0 Å². The summed E-state index contributed by atoms with van der Waals surface area (Å²) in [5, 5.41) is 12.5. The molecule has 0 aliphatic carbocycles. The highest BCUT2D eigenvalue weighted by Crippen LogP contribution is 2.06. The van der Waals surface area contributed by atoms with Crippen LogP contribution in [0.25, 0.3) is 0 Å². The third-order valence-corrected chi connectivity index (χ3v) is 3.64. The highest BCUT2D eigenvalue weighted by molar-refractivity contribution is 5.37. The van der Waals surface area contributed by atoms with Gasteiger partial charge < -0.3 is 10.2 Å². The van der Waals surface area contributed by atoms with Crippen LogP contribution >= 0.6 is 0 Å². The van der Waals surface area contributed by atoms with Crippen LogP contribution in [0.3, 0.4) is 0 Å². The number of nitrogens with zero attached hydrogens (tertiary/aromatic N) is 2. The molecule has 1 N–H and O–H groups in total. The maximum Gasteiger partial charge on any atom is 0.0995 e. The Morgan fingerprint density at radius 1 is 1.05 bits per heavy atom. The minimum Gasteiger partial charge on any atom is -0.313 e. The molecule has 114 valence electrons. The van der Waals surface area contributed by atoms with Crippen LogP contribution in [-0.2, 0) is 13.1 Å². The Morgan fingerprint density at radius 2 is 1.77 bits per heavy atom. The molecule has 0 saturated heterocycles. The van der Waals surface area contributed by atoms with Crippen molar-refractivity contribution in [1.82, 2.24) is 10.2 Å². The van der Waals surface area contributed by atoms with E-state index in [0.717, 1.165) is 43.7 Å². The van der Waals surface area contributed by atoms with Crippen molar-refractivity contribution in [2.24, 2.45) is 0 Å². The molecule has 0 heterocycles. The van der Waals surface area contributed by atoms with Gasteiger partial charge in [0.2, 0.25) is 0 Å². The van der Waals surface area contributed by atoms with Gasteiger partial charge in [0.1, 0.15) is 0 Å². The molecule has 2 rings (SSSR count). The number of benzene rings is 2. The van der Waals surface area contributed by atoms with E-state index in [0.29, 0.717) is 0 Å². The predicted molar refractivity (Wildman–Crippen MR) is 90.3 cm³/mol. The van der Waals surface area contributed by atoms with Crippen LogP contribution < -0.4 is 5.32 Å². The number of nitriles is 1. The fraction of sp³-hybridized carbons (Fsp3) is 0.316. The Hall–Kier alpha value is -2.15. The number of nitrogens with one attached hydrogen (secondary N) is 1. The first-order valence-electron chi connectivity index (χ1n) is 7.71. The zero-order chi connectivity index (χ0) is 15.6. The molecule has 0 fully saturated rings. The van der Waals surface area contributed by atoms with Crippen molar-refractivity contribution in [2.45, 2.75) is 19.5 Å². The van der Waals surface area contributed by atoms with Gasteiger partial charge in [0, 0.05) is 13.1 Å². The summed E-state index contributed by atoms with van der Waals surface area (Å²) in [6.45, 7) is 3.75. The van der Waals surface area contributed by atoms with Gasteiger partial charge in [0.25, 0.3) is 0 Å². The van der Waals surface area contributed by atoms with Crippen LogP contribution in [0, 0.1) is 11.3 Å². The molecule has 0 unspecified atom stereocenters. The molecule has 3 heteroatoms. The van der Waals surface area contributed by atoms with Crippen molar-refractivity contribution in [3.63, 3.8) is 0 Å². The summed E-state index contributed by atoms with van der Waals surface area (Å²) in [4.78, 5) is 2.33. The van der Waals surface area contributed by atoms with Gasteiger partial charge >= 0.3 is 0 Å². The lowest BCUT2D eigenvalue weighted by molar-refractivity contribution is 0.319. The van der Waals surface area contributed by atoms with Crippen LogP contribution in [0.2, 0.25) is 0 Å². The molecule has 2 aromatic carbocycles. The first-order valence-corrected chi connectivity index (χ1v) is 7.71. The van der Waals surface area contributed by atoms with E-state index in [9.17, 15) is 0 Å². The second kappa shape index (κ2) is 8.99. The molecule has 0 atom stereocenters. The Morgan fingerprint density at radius 3 is 2.55 bits per heavy atom. The Bertz CT molecular complexity index is 602. The lowest BCUT2D eigenvalue weighted by Gasteiger charge is -2.16. The summed E-state index contributed by atoms with van der Waals surface area (Å²) in [6, 6.07) is 20.5. The van der Waals surface area contributed by atoms with Crippen molar-refractivity contribution in [1.29, 1.82) is 5.26 Å². The van der Waals surface area contributed by atoms with E-state index in [4.69, 9.17) is 5.26 Å². The molecule has 0 saturated carbocycles. The molecule has 0 aromatic heterocycles. The van der Waals surface area contributed by atoms with Gasteiger partial charge in [0.15, 0.2) is 0 Å². The smallest absolute Gasteiger partial charge is 0.0995 e. The summed E-state index contributed by atoms with van der Waals surface area (Å²) in [5.74, 6) is 0. The zero-order valence-corrected chi connectivity index (χ0v) is 13.1. The molecule has 22 heavy (non-hydrogen) atoms. The van der Waals surface area contributed by atoms with Crippen molar-refractivity contribution < 1.29 is 0 Å². The first-order chi connectivity index (χ1) is 10.8. The van der Waals surface area contributed by atoms with Crippen molar-refractivity contribution in [2.75, 3.05) is 20.1 Å². The van der Waals surface area contributed by atoms with Crippen LogP contribution in [0.4, 0.5) is 0 Å². The third-order valence-electron chi connectivity index (χ3n) is 3.64. The molecular formula is C19H23N3. The summed E-state index contributed by atoms with van der Waals surface area (Å²) in [5.41, 5.74) is 3.18. The number of hydrogen-bond acceptors (Lipinski definition) is 3. The van der Waals surface area contributed by atoms with Gasteiger partial charge in [-0.1, -0.05) is 48.5 Å². The SMILES string of the molecule is CN(CCCNCc1ccccc1C#N)Cc1ccccc1. The van der Waals surface area contributed by atoms with Gasteiger partial charge in [-0.25, -0.2) is 0 Å². The average molecular weight is 293 g/mol. The van der Waals surface area contributed by atoms with Crippen LogP contribution in [-0.4, -0.2) is 25.0 Å². The van der Waals surface area contributed by atoms with Crippen LogP contribution in [0.5, 0.6) is 0 Å². The van der Waals surface area contributed by atoms with Crippen LogP contribution in [0.1, 0.15) is 23.1 Å². The summed E-state index contributed by atoms with van der Waals surface area (Å²) < 4.78 is 0. The van der Waals surface area contributed by atoms with E-state index in [1.165, 1.54) is 5.56 Å². The monoisotopic (exact) mass is 293 g/mol. The van der Waals surface area contributed by atoms with E-state index < -0.39 is 0 Å². The Balaban J connectivity index is 1.64. The lowest BCUT2D eigenvalue weighted by atomic mass is 10.1. The average Bonchev–Trinajstić information content (AvgIpc) is 2.56. The van der Waals surface area contributed by atoms with Gasteiger partial charge in [-0.2, -0.15) is 5.26 Å². The number of rotatable bonds is 8. The van der Waals surface area contributed by atoms with E-state index in [1.807, 2.05) is 30.3 Å². The minimum absolute atomic E-state index is 0.756. The second-order valence-corrected chi connectivity index (χ2v) is 5.52.